The molecule has 0 bridgehead atoms. The Kier molecular flexibility index (Phi) is 2.68. The second-order valence-corrected chi connectivity index (χ2v) is 2.94. The van der Waals surface area contributed by atoms with Crippen molar-refractivity contribution >= 4 is 5.69 Å². The van der Waals surface area contributed by atoms with Gasteiger partial charge in [0.1, 0.15) is 0 Å². The van der Waals surface area contributed by atoms with E-state index >= 15 is 0 Å². The minimum atomic E-state index is -0.549. The Labute approximate surface area is 72.0 Å². The van der Waals surface area contributed by atoms with Crippen LogP contribution in [0.15, 0.2) is 24.3 Å². The Bertz CT molecular complexity index is 260. The van der Waals surface area contributed by atoms with Crippen LogP contribution < -0.4 is 11.5 Å². The van der Waals surface area contributed by atoms with Gasteiger partial charge in [0.2, 0.25) is 0 Å². The molecule has 5 N–H and O–H groups in total. The van der Waals surface area contributed by atoms with E-state index in [1.54, 1.807) is 19.1 Å². The molecule has 1 aromatic carbocycles. The van der Waals surface area contributed by atoms with E-state index in [0.29, 0.717) is 5.69 Å². The minimum absolute atomic E-state index is 0.353. The van der Waals surface area contributed by atoms with Gasteiger partial charge >= 0.3 is 0 Å². The van der Waals surface area contributed by atoms with Crippen LogP contribution in [0.1, 0.15) is 18.5 Å². The highest BCUT2D eigenvalue weighted by molar-refractivity contribution is 5.41. The van der Waals surface area contributed by atoms with Crippen LogP contribution in [0.3, 0.4) is 0 Å². The fourth-order valence-electron chi connectivity index (χ4n) is 1.04. The largest absolute Gasteiger partial charge is 0.399 e. The number of anilines is 1. The molecule has 0 aliphatic carbocycles. The second-order valence-electron chi connectivity index (χ2n) is 2.94. The van der Waals surface area contributed by atoms with E-state index in [1.807, 2.05) is 12.1 Å². The Morgan fingerprint density at radius 2 is 2.08 bits per heavy atom. The molecule has 0 spiro atoms. The molecular weight excluding hydrogens is 152 g/mol. The lowest BCUT2D eigenvalue weighted by atomic mass is 10.0. The highest BCUT2D eigenvalue weighted by Crippen LogP contribution is 2.16. The number of nitrogen functional groups attached to an aromatic ring is 1. The van der Waals surface area contributed by atoms with Crippen LogP contribution in [0, 0.1) is 0 Å². The number of benzene rings is 1. The molecule has 0 fully saturated rings. The van der Waals surface area contributed by atoms with Crippen molar-refractivity contribution in [3.05, 3.63) is 29.8 Å². The number of hydrogen-bond donors (Lipinski definition) is 3. The molecule has 0 saturated heterocycles. The zero-order valence-electron chi connectivity index (χ0n) is 7.07. The van der Waals surface area contributed by atoms with Gasteiger partial charge in [-0.1, -0.05) is 12.1 Å². The van der Waals surface area contributed by atoms with E-state index in [1.165, 1.54) is 0 Å². The molecule has 3 nitrogen and oxygen atoms in total. The van der Waals surface area contributed by atoms with Gasteiger partial charge in [0.25, 0.3) is 0 Å². The van der Waals surface area contributed by atoms with E-state index in [9.17, 15) is 5.11 Å². The third-order valence-electron chi connectivity index (χ3n) is 1.82. The molecule has 1 aromatic rings. The predicted octanol–water partition coefficient (Wildman–Crippen LogP) is 0.649. The third-order valence-corrected chi connectivity index (χ3v) is 1.82. The first kappa shape index (κ1) is 9.03. The van der Waals surface area contributed by atoms with Crippen molar-refractivity contribution in [1.29, 1.82) is 0 Å². The van der Waals surface area contributed by atoms with Crippen molar-refractivity contribution in [2.24, 2.45) is 5.73 Å². The molecule has 0 heterocycles. The maximum absolute atomic E-state index is 9.20. The van der Waals surface area contributed by atoms with Crippen molar-refractivity contribution in [2.45, 2.75) is 19.1 Å². The maximum atomic E-state index is 9.20. The first-order chi connectivity index (χ1) is 5.61. The van der Waals surface area contributed by atoms with Crippen LogP contribution in [-0.4, -0.2) is 11.2 Å². The molecule has 12 heavy (non-hydrogen) atoms. The first-order valence-electron chi connectivity index (χ1n) is 3.90. The predicted molar refractivity (Wildman–Crippen MR) is 49.5 cm³/mol. The summed E-state index contributed by atoms with van der Waals surface area (Å²) in [6.45, 7) is 1.66. The zero-order chi connectivity index (χ0) is 9.14. The topological polar surface area (TPSA) is 72.3 Å². The van der Waals surface area contributed by atoms with Crippen LogP contribution in [-0.2, 0) is 0 Å². The quantitative estimate of drug-likeness (QED) is 0.565. The number of aliphatic hydroxyl groups excluding tert-OH is 1. The van der Waals surface area contributed by atoms with Gasteiger partial charge in [0.05, 0.1) is 12.1 Å². The molecule has 0 aliphatic heterocycles. The van der Waals surface area contributed by atoms with Crippen LogP contribution in [0.2, 0.25) is 0 Å². The molecular formula is C9H14N2O. The SMILES string of the molecule is C[C@@H](O)[C@@H](N)c1cccc(N)c1. The van der Waals surface area contributed by atoms with Crippen molar-refractivity contribution in [3.8, 4) is 0 Å². The van der Waals surface area contributed by atoms with Crippen LogP contribution >= 0.6 is 0 Å². The second kappa shape index (κ2) is 3.56. The van der Waals surface area contributed by atoms with Crippen molar-refractivity contribution in [1.82, 2.24) is 0 Å². The number of aliphatic hydroxyl groups is 1. The van der Waals surface area contributed by atoms with Gasteiger partial charge in [-0.25, -0.2) is 0 Å². The molecule has 0 unspecified atom stereocenters. The van der Waals surface area contributed by atoms with Crippen LogP contribution in [0.25, 0.3) is 0 Å². The molecule has 0 radical (unpaired) electrons. The van der Waals surface area contributed by atoms with Crippen molar-refractivity contribution in [2.75, 3.05) is 5.73 Å². The summed E-state index contributed by atoms with van der Waals surface area (Å²) in [5.74, 6) is 0. The van der Waals surface area contributed by atoms with Gasteiger partial charge in [0, 0.05) is 5.69 Å². The Hall–Kier alpha value is -1.06. The Morgan fingerprint density at radius 1 is 1.42 bits per heavy atom. The average molecular weight is 166 g/mol. The summed E-state index contributed by atoms with van der Waals surface area (Å²) in [5.41, 5.74) is 12.8. The van der Waals surface area contributed by atoms with Crippen molar-refractivity contribution < 1.29 is 5.11 Å². The minimum Gasteiger partial charge on any atom is -0.399 e. The van der Waals surface area contributed by atoms with Crippen LogP contribution in [0.4, 0.5) is 5.69 Å². The lowest BCUT2D eigenvalue weighted by Crippen LogP contribution is -2.23. The summed E-state index contributed by atoms with van der Waals surface area (Å²) in [6, 6.07) is 6.89. The Morgan fingerprint density at radius 3 is 2.58 bits per heavy atom. The standard InChI is InChI=1S/C9H14N2O/c1-6(12)9(11)7-3-2-4-8(10)5-7/h2-6,9,12H,10-11H2,1H3/t6-,9-/m1/s1. The lowest BCUT2D eigenvalue weighted by molar-refractivity contribution is 0.164. The number of nitrogens with two attached hydrogens (primary N) is 2. The smallest absolute Gasteiger partial charge is 0.0704 e. The normalized spacial score (nSPS) is 15.6. The van der Waals surface area contributed by atoms with Crippen molar-refractivity contribution in [3.63, 3.8) is 0 Å². The van der Waals surface area contributed by atoms with Gasteiger partial charge in [0.15, 0.2) is 0 Å². The highest BCUT2D eigenvalue weighted by Gasteiger charge is 2.11. The number of hydrogen-bond acceptors (Lipinski definition) is 3. The summed E-state index contributed by atoms with van der Waals surface area (Å²) in [7, 11) is 0. The third kappa shape index (κ3) is 1.96. The van der Waals surface area contributed by atoms with Gasteiger partial charge in [-0.15, -0.1) is 0 Å². The molecule has 0 saturated carbocycles. The maximum Gasteiger partial charge on any atom is 0.0704 e. The van der Waals surface area contributed by atoms with Crippen LogP contribution in [0.5, 0.6) is 0 Å². The lowest BCUT2D eigenvalue weighted by Gasteiger charge is -2.14. The Balaban J connectivity index is 2.88. The molecule has 0 aliphatic rings. The summed E-state index contributed by atoms with van der Waals surface area (Å²) in [5, 5.41) is 9.20. The van der Waals surface area contributed by atoms with E-state index in [0.717, 1.165) is 5.56 Å². The zero-order valence-corrected chi connectivity index (χ0v) is 7.07. The molecule has 66 valence electrons. The van der Waals surface area contributed by atoms with Gasteiger partial charge in [-0.2, -0.15) is 0 Å². The van der Waals surface area contributed by atoms with E-state index in [-0.39, 0.29) is 6.04 Å². The number of rotatable bonds is 2. The molecule has 0 amide bonds. The summed E-state index contributed by atoms with van der Waals surface area (Å²) < 4.78 is 0. The van der Waals surface area contributed by atoms with E-state index in [2.05, 4.69) is 0 Å². The van der Waals surface area contributed by atoms with Gasteiger partial charge in [-0.3, -0.25) is 0 Å². The molecule has 3 heteroatoms. The van der Waals surface area contributed by atoms with E-state index in [4.69, 9.17) is 11.5 Å². The fourth-order valence-corrected chi connectivity index (χ4v) is 1.04. The summed E-state index contributed by atoms with van der Waals surface area (Å²) >= 11 is 0. The summed E-state index contributed by atoms with van der Waals surface area (Å²) in [6.07, 6.45) is -0.549. The molecule has 0 aromatic heterocycles. The summed E-state index contributed by atoms with van der Waals surface area (Å²) in [4.78, 5) is 0. The van der Waals surface area contributed by atoms with Gasteiger partial charge < -0.3 is 16.6 Å². The average Bonchev–Trinajstić information content (AvgIpc) is 2.03. The van der Waals surface area contributed by atoms with Gasteiger partial charge in [-0.05, 0) is 24.6 Å². The molecule has 1 rings (SSSR count). The first-order valence-corrected chi connectivity index (χ1v) is 3.90. The monoisotopic (exact) mass is 166 g/mol. The highest BCUT2D eigenvalue weighted by atomic mass is 16.3. The fraction of sp³-hybridized carbons (Fsp3) is 0.333. The van der Waals surface area contributed by atoms with E-state index < -0.39 is 6.10 Å². The molecule has 2 atom stereocenters.